The highest BCUT2D eigenvalue weighted by molar-refractivity contribution is 6.16. The Kier molecular flexibility index (Phi) is 7.28. The van der Waals surface area contributed by atoms with Crippen LogP contribution in [-0.2, 0) is 16.1 Å². The van der Waals surface area contributed by atoms with E-state index in [2.05, 4.69) is 15.6 Å². The first-order valence-electron chi connectivity index (χ1n) is 12.7. The van der Waals surface area contributed by atoms with Gasteiger partial charge in [0.05, 0.1) is 30.5 Å². The van der Waals surface area contributed by atoms with E-state index >= 15 is 0 Å². The van der Waals surface area contributed by atoms with Crippen LogP contribution < -0.4 is 20.1 Å². The lowest BCUT2D eigenvalue weighted by atomic mass is 10.0. The fourth-order valence-corrected chi connectivity index (χ4v) is 4.86. The molecule has 0 bridgehead atoms. The van der Waals surface area contributed by atoms with Gasteiger partial charge in [-0.15, -0.1) is 0 Å². The van der Waals surface area contributed by atoms with Crippen LogP contribution in [0.5, 0.6) is 11.5 Å². The van der Waals surface area contributed by atoms with E-state index in [0.717, 1.165) is 0 Å². The minimum Gasteiger partial charge on any atom is -0.493 e. The van der Waals surface area contributed by atoms with E-state index in [1.54, 1.807) is 49.6 Å². The van der Waals surface area contributed by atoms with Crippen molar-refractivity contribution in [3.63, 3.8) is 0 Å². The molecule has 0 aliphatic carbocycles. The number of ether oxygens (including phenoxy) is 2. The van der Waals surface area contributed by atoms with Gasteiger partial charge in [0.1, 0.15) is 11.7 Å². The van der Waals surface area contributed by atoms with E-state index in [4.69, 9.17) is 9.47 Å². The van der Waals surface area contributed by atoms with Crippen LogP contribution in [0.3, 0.4) is 0 Å². The van der Waals surface area contributed by atoms with Gasteiger partial charge < -0.3 is 14.4 Å². The van der Waals surface area contributed by atoms with Crippen molar-refractivity contribution in [2.24, 2.45) is 0 Å². The topological polar surface area (TPSA) is 144 Å². The summed E-state index contributed by atoms with van der Waals surface area (Å²) in [4.78, 5) is 69.1. The maximum atomic E-state index is 13.3. The molecule has 2 aliphatic heterocycles. The van der Waals surface area contributed by atoms with E-state index in [9.17, 15) is 24.0 Å². The zero-order valence-corrected chi connectivity index (χ0v) is 21.9. The lowest BCUT2D eigenvalue weighted by Gasteiger charge is -2.29. The van der Waals surface area contributed by atoms with Crippen LogP contribution in [0.15, 0.2) is 54.6 Å². The molecule has 0 spiro atoms. The summed E-state index contributed by atoms with van der Waals surface area (Å²) in [6, 6.07) is 14.1. The number of carbonyl (C=O) groups excluding carboxylic acids is 5. The molecular formula is C29H26N4O7. The van der Waals surface area contributed by atoms with E-state index in [-0.39, 0.29) is 42.1 Å². The minimum atomic E-state index is -0.816. The fraction of sp³-hybridized carbons (Fsp3) is 0.241. The van der Waals surface area contributed by atoms with Gasteiger partial charge in [-0.2, -0.15) is 0 Å². The number of imide groups is 2. The number of fused-ring (bicyclic) bond motifs is 1. The van der Waals surface area contributed by atoms with E-state index in [1.807, 2.05) is 6.92 Å². The Morgan fingerprint density at radius 1 is 1.05 bits per heavy atom. The fourth-order valence-electron chi connectivity index (χ4n) is 4.86. The molecule has 40 heavy (non-hydrogen) atoms. The van der Waals surface area contributed by atoms with Crippen molar-refractivity contribution in [1.29, 1.82) is 0 Å². The molecule has 5 amide bonds. The summed E-state index contributed by atoms with van der Waals surface area (Å²) < 4.78 is 10.9. The molecule has 2 aromatic carbocycles. The summed E-state index contributed by atoms with van der Waals surface area (Å²) in [5, 5.41) is 4.57. The number of nitrogens with zero attached hydrogens (tertiary/aromatic N) is 2. The van der Waals surface area contributed by atoms with Gasteiger partial charge in [0, 0.05) is 18.5 Å². The van der Waals surface area contributed by atoms with E-state index in [1.165, 1.54) is 17.0 Å². The lowest BCUT2D eigenvalue weighted by Crippen LogP contribution is -2.52. The predicted molar refractivity (Wildman–Crippen MR) is 142 cm³/mol. The van der Waals surface area contributed by atoms with Gasteiger partial charge >= 0.3 is 0 Å². The molecule has 11 nitrogen and oxygen atoms in total. The highest BCUT2D eigenvalue weighted by atomic mass is 16.5. The predicted octanol–water partition coefficient (Wildman–Crippen LogP) is 2.49. The molecule has 11 heteroatoms. The molecule has 1 saturated heterocycles. The Balaban J connectivity index is 1.35. The third-order valence-corrected chi connectivity index (χ3v) is 6.77. The van der Waals surface area contributed by atoms with Crippen molar-refractivity contribution in [3.05, 3.63) is 77.0 Å². The number of hydrogen-bond donors (Lipinski definition) is 2. The molecule has 1 unspecified atom stereocenters. The van der Waals surface area contributed by atoms with Crippen molar-refractivity contribution in [3.8, 4) is 22.8 Å². The molecule has 2 aliphatic rings. The summed E-state index contributed by atoms with van der Waals surface area (Å²) in [5.41, 5.74) is 1.87. The molecule has 3 heterocycles. The molecule has 204 valence electrons. The third kappa shape index (κ3) is 5.00. The van der Waals surface area contributed by atoms with Crippen LogP contribution in [-0.4, -0.2) is 59.2 Å². The zero-order valence-electron chi connectivity index (χ0n) is 21.9. The van der Waals surface area contributed by atoms with Crippen molar-refractivity contribution >= 4 is 29.5 Å². The number of benzene rings is 2. The molecule has 3 aromatic rings. The number of piperidine rings is 1. The Morgan fingerprint density at radius 2 is 1.85 bits per heavy atom. The summed E-state index contributed by atoms with van der Waals surface area (Å²) in [5.74, 6) is -1.86. The first kappa shape index (κ1) is 26.5. The second-order valence-corrected chi connectivity index (χ2v) is 9.23. The standard InChI is InChI=1S/C29H26N4O7/c1-3-40-23-14-16(10-12-22(23)39-2)19-8-5-9-20(30-19)27(36)32-26(35)18-7-4-6-17-15-33(29(38)25(17)18)21-11-13-24(34)31-28(21)37/h4-10,12,14,21H,3,11,13,15H2,1-2H3,(H,31,34,37)(H,32,35,36). The van der Waals surface area contributed by atoms with Crippen LogP contribution in [0.2, 0.25) is 0 Å². The molecule has 0 saturated carbocycles. The van der Waals surface area contributed by atoms with Crippen molar-refractivity contribution < 1.29 is 33.4 Å². The second-order valence-electron chi connectivity index (χ2n) is 9.23. The van der Waals surface area contributed by atoms with Crippen molar-refractivity contribution in [2.75, 3.05) is 13.7 Å². The first-order chi connectivity index (χ1) is 19.3. The van der Waals surface area contributed by atoms with Crippen LogP contribution in [0.1, 0.15) is 56.5 Å². The Labute approximate surface area is 229 Å². The van der Waals surface area contributed by atoms with Crippen LogP contribution in [0.25, 0.3) is 11.3 Å². The highest BCUT2D eigenvalue weighted by Crippen LogP contribution is 2.32. The molecule has 1 atom stereocenters. The van der Waals surface area contributed by atoms with Crippen LogP contribution in [0.4, 0.5) is 0 Å². The van der Waals surface area contributed by atoms with Crippen LogP contribution >= 0.6 is 0 Å². The zero-order chi connectivity index (χ0) is 28.4. The number of nitrogens with one attached hydrogen (secondary N) is 2. The average Bonchev–Trinajstić information content (AvgIpc) is 3.29. The molecule has 1 aromatic heterocycles. The summed E-state index contributed by atoms with van der Waals surface area (Å²) >= 11 is 0. The van der Waals surface area contributed by atoms with Crippen molar-refractivity contribution in [1.82, 2.24) is 20.5 Å². The van der Waals surface area contributed by atoms with E-state index < -0.39 is 29.7 Å². The monoisotopic (exact) mass is 542 g/mol. The number of carbonyl (C=O) groups is 5. The smallest absolute Gasteiger partial charge is 0.276 e. The number of pyridine rings is 1. The molecular weight excluding hydrogens is 516 g/mol. The lowest BCUT2D eigenvalue weighted by molar-refractivity contribution is -0.136. The van der Waals surface area contributed by atoms with Gasteiger partial charge in [-0.3, -0.25) is 34.6 Å². The molecule has 0 radical (unpaired) electrons. The second kappa shape index (κ2) is 11.0. The Bertz CT molecular complexity index is 1550. The van der Waals surface area contributed by atoms with Crippen molar-refractivity contribution in [2.45, 2.75) is 32.4 Å². The Morgan fingerprint density at radius 3 is 2.60 bits per heavy atom. The number of methoxy groups -OCH3 is 1. The highest BCUT2D eigenvalue weighted by Gasteiger charge is 2.40. The maximum Gasteiger partial charge on any atom is 0.276 e. The summed E-state index contributed by atoms with van der Waals surface area (Å²) in [6.45, 7) is 2.41. The van der Waals surface area contributed by atoms with Gasteiger partial charge in [-0.25, -0.2) is 4.98 Å². The molecule has 2 N–H and O–H groups in total. The summed E-state index contributed by atoms with van der Waals surface area (Å²) in [7, 11) is 1.54. The first-order valence-corrected chi connectivity index (χ1v) is 12.7. The normalized spacial score (nSPS) is 16.3. The number of hydrogen-bond acceptors (Lipinski definition) is 8. The van der Waals surface area contributed by atoms with E-state index in [0.29, 0.717) is 34.9 Å². The van der Waals surface area contributed by atoms with Gasteiger partial charge in [0.15, 0.2) is 11.5 Å². The minimum absolute atomic E-state index is 0.00343. The van der Waals surface area contributed by atoms with Gasteiger partial charge in [0.2, 0.25) is 11.8 Å². The number of rotatable bonds is 7. The van der Waals surface area contributed by atoms with Crippen LogP contribution in [0, 0.1) is 0 Å². The quantitative estimate of drug-likeness (QED) is 0.434. The van der Waals surface area contributed by atoms with Gasteiger partial charge in [-0.1, -0.05) is 18.2 Å². The van der Waals surface area contributed by atoms with Gasteiger partial charge in [0.25, 0.3) is 17.7 Å². The Hall–Kier alpha value is -5.06. The third-order valence-electron chi connectivity index (χ3n) is 6.77. The van der Waals surface area contributed by atoms with Gasteiger partial charge in [-0.05, 0) is 55.3 Å². The maximum absolute atomic E-state index is 13.3. The number of aromatic nitrogens is 1. The molecule has 5 rings (SSSR count). The SMILES string of the molecule is CCOc1cc(-c2cccc(C(=O)NC(=O)c3cccc4c3C(=O)N(C3CCC(=O)NC3=O)C4)n2)ccc1OC. The summed E-state index contributed by atoms with van der Waals surface area (Å²) in [6.07, 6.45) is 0.320. The largest absolute Gasteiger partial charge is 0.493 e. The average molecular weight is 543 g/mol. The number of amides is 5. The molecule has 1 fully saturated rings.